The first-order valence-corrected chi connectivity index (χ1v) is 6.49. The first-order valence-electron chi connectivity index (χ1n) is 4.67. The molecule has 0 radical (unpaired) electrons. The number of carbonyl (C=O) groups is 1. The summed E-state index contributed by atoms with van der Waals surface area (Å²) in [7, 11) is -1.41. The van der Waals surface area contributed by atoms with E-state index in [1.165, 1.54) is 11.0 Å². The van der Waals surface area contributed by atoms with Crippen LogP contribution in [0.5, 0.6) is 0 Å². The molecule has 0 bridgehead atoms. The average molecular weight is 233 g/mol. The lowest BCUT2D eigenvalue weighted by Gasteiger charge is -2.22. The summed E-state index contributed by atoms with van der Waals surface area (Å²) >= 11 is 0. The van der Waals surface area contributed by atoms with Gasteiger partial charge < -0.3 is 9.64 Å². The van der Waals surface area contributed by atoms with Crippen molar-refractivity contribution in [2.75, 3.05) is 25.2 Å². The third-order valence-corrected chi connectivity index (χ3v) is 4.12. The lowest BCUT2D eigenvalue weighted by atomic mass is 10.2. The summed E-state index contributed by atoms with van der Waals surface area (Å²) in [5, 5.41) is 0. The molecule has 1 amide bonds. The van der Waals surface area contributed by atoms with Gasteiger partial charge in [-0.25, -0.2) is 13.2 Å². The monoisotopic (exact) mass is 233 g/mol. The molecule has 1 aliphatic heterocycles. The van der Waals surface area contributed by atoms with E-state index < -0.39 is 15.9 Å². The first-order chi connectivity index (χ1) is 6.96. The quantitative estimate of drug-likeness (QED) is 0.663. The molecule has 1 atom stereocenters. The van der Waals surface area contributed by atoms with Crippen molar-refractivity contribution in [1.82, 2.24) is 4.90 Å². The molecule has 86 valence electrons. The molecule has 0 N–H and O–H groups in total. The molecule has 0 aromatic rings. The van der Waals surface area contributed by atoms with Crippen LogP contribution >= 0.6 is 0 Å². The smallest absolute Gasteiger partial charge is 0.410 e. The van der Waals surface area contributed by atoms with Gasteiger partial charge in [0.1, 0.15) is 6.61 Å². The second-order valence-corrected chi connectivity index (χ2v) is 5.76. The van der Waals surface area contributed by atoms with Crippen molar-refractivity contribution >= 4 is 15.9 Å². The van der Waals surface area contributed by atoms with Crippen molar-refractivity contribution in [2.45, 2.75) is 12.5 Å². The van der Waals surface area contributed by atoms with Gasteiger partial charge in [-0.3, -0.25) is 0 Å². The maximum absolute atomic E-state index is 11.4. The second-order valence-electron chi connectivity index (χ2n) is 3.53. The van der Waals surface area contributed by atoms with Crippen LogP contribution in [0.4, 0.5) is 4.79 Å². The number of hydrogen-bond acceptors (Lipinski definition) is 4. The largest absolute Gasteiger partial charge is 0.445 e. The SMILES string of the molecule is C=CCOC(=O)N(C)[C@@H]1CCS(=O)(=O)C1. The minimum Gasteiger partial charge on any atom is -0.445 e. The van der Waals surface area contributed by atoms with E-state index in [0.29, 0.717) is 6.42 Å². The molecule has 6 heteroatoms. The molecule has 1 fully saturated rings. The van der Waals surface area contributed by atoms with Crippen LogP contribution in [0.15, 0.2) is 12.7 Å². The standard InChI is InChI=1S/C9H15NO4S/c1-3-5-14-9(11)10(2)8-4-6-15(12,13)7-8/h3,8H,1,4-7H2,2H3/t8-/m1/s1. The van der Waals surface area contributed by atoms with Gasteiger partial charge in [-0.15, -0.1) is 0 Å². The van der Waals surface area contributed by atoms with Crippen LogP contribution < -0.4 is 0 Å². The highest BCUT2D eigenvalue weighted by Crippen LogP contribution is 2.16. The molecular weight excluding hydrogens is 218 g/mol. The number of ether oxygens (including phenoxy) is 1. The van der Waals surface area contributed by atoms with E-state index in [4.69, 9.17) is 4.74 Å². The summed E-state index contributed by atoms with van der Waals surface area (Å²) < 4.78 is 27.2. The zero-order valence-corrected chi connectivity index (χ0v) is 9.50. The van der Waals surface area contributed by atoms with E-state index in [2.05, 4.69) is 6.58 Å². The van der Waals surface area contributed by atoms with E-state index in [0.717, 1.165) is 0 Å². The fraction of sp³-hybridized carbons (Fsp3) is 0.667. The third-order valence-electron chi connectivity index (χ3n) is 2.37. The van der Waals surface area contributed by atoms with E-state index in [1.807, 2.05) is 0 Å². The van der Waals surface area contributed by atoms with Crippen LogP contribution in [0.1, 0.15) is 6.42 Å². The van der Waals surface area contributed by atoms with Gasteiger partial charge in [0.25, 0.3) is 0 Å². The highest BCUT2D eigenvalue weighted by atomic mass is 32.2. The molecule has 1 rings (SSSR count). The van der Waals surface area contributed by atoms with Gasteiger partial charge in [0.2, 0.25) is 0 Å². The highest BCUT2D eigenvalue weighted by molar-refractivity contribution is 7.91. The lowest BCUT2D eigenvalue weighted by Crippen LogP contribution is -2.38. The molecule has 1 saturated heterocycles. The number of nitrogens with zero attached hydrogens (tertiary/aromatic N) is 1. The average Bonchev–Trinajstić information content (AvgIpc) is 2.54. The molecule has 1 heterocycles. The predicted molar refractivity (Wildman–Crippen MR) is 56.4 cm³/mol. The van der Waals surface area contributed by atoms with Crippen molar-refractivity contribution < 1.29 is 17.9 Å². The van der Waals surface area contributed by atoms with Gasteiger partial charge in [-0.1, -0.05) is 12.7 Å². The van der Waals surface area contributed by atoms with E-state index in [9.17, 15) is 13.2 Å². The van der Waals surface area contributed by atoms with Crippen LogP contribution in [0.3, 0.4) is 0 Å². The van der Waals surface area contributed by atoms with Crippen molar-refractivity contribution in [3.05, 3.63) is 12.7 Å². The molecular formula is C9H15NO4S. The normalized spacial score (nSPS) is 23.4. The summed E-state index contributed by atoms with van der Waals surface area (Å²) in [6, 6.07) is -0.257. The van der Waals surface area contributed by atoms with Crippen molar-refractivity contribution in [3.8, 4) is 0 Å². The van der Waals surface area contributed by atoms with Gasteiger partial charge in [-0.05, 0) is 6.42 Å². The Hall–Kier alpha value is -1.04. The molecule has 15 heavy (non-hydrogen) atoms. The predicted octanol–water partition coefficient (Wildman–Crippen LogP) is 0.428. The minimum absolute atomic E-state index is 0.0344. The zero-order valence-electron chi connectivity index (χ0n) is 8.68. The van der Waals surface area contributed by atoms with Gasteiger partial charge in [0, 0.05) is 13.1 Å². The van der Waals surface area contributed by atoms with E-state index in [-0.39, 0.29) is 24.2 Å². The molecule has 0 spiro atoms. The Kier molecular flexibility index (Phi) is 3.73. The number of amides is 1. The van der Waals surface area contributed by atoms with Gasteiger partial charge in [0.15, 0.2) is 9.84 Å². The van der Waals surface area contributed by atoms with Crippen LogP contribution in [-0.4, -0.2) is 50.6 Å². The summed E-state index contributed by atoms with van der Waals surface area (Å²) in [4.78, 5) is 12.7. The number of sulfone groups is 1. The number of rotatable bonds is 3. The summed E-state index contributed by atoms with van der Waals surface area (Å²) in [6.45, 7) is 3.56. The highest BCUT2D eigenvalue weighted by Gasteiger charge is 2.33. The number of carbonyl (C=O) groups excluding carboxylic acids is 1. The van der Waals surface area contributed by atoms with Gasteiger partial charge in [0.05, 0.1) is 11.5 Å². The van der Waals surface area contributed by atoms with Crippen molar-refractivity contribution in [2.24, 2.45) is 0 Å². The maximum Gasteiger partial charge on any atom is 0.410 e. The van der Waals surface area contributed by atoms with E-state index >= 15 is 0 Å². The Morgan fingerprint density at radius 2 is 2.33 bits per heavy atom. The van der Waals surface area contributed by atoms with Gasteiger partial charge >= 0.3 is 6.09 Å². The molecule has 5 nitrogen and oxygen atoms in total. The van der Waals surface area contributed by atoms with Crippen LogP contribution in [0.2, 0.25) is 0 Å². The van der Waals surface area contributed by atoms with Crippen molar-refractivity contribution in [3.63, 3.8) is 0 Å². The summed E-state index contributed by atoms with van der Waals surface area (Å²) in [5.74, 6) is 0.184. The number of hydrogen-bond donors (Lipinski definition) is 0. The Bertz CT molecular complexity index is 349. The third kappa shape index (κ3) is 3.23. The molecule has 0 aromatic heterocycles. The van der Waals surface area contributed by atoms with Crippen LogP contribution in [0.25, 0.3) is 0 Å². The Morgan fingerprint density at radius 1 is 1.67 bits per heavy atom. The van der Waals surface area contributed by atoms with E-state index in [1.54, 1.807) is 7.05 Å². The van der Waals surface area contributed by atoms with Crippen molar-refractivity contribution in [1.29, 1.82) is 0 Å². The maximum atomic E-state index is 11.4. The van der Waals surface area contributed by atoms with Gasteiger partial charge in [-0.2, -0.15) is 0 Å². The zero-order chi connectivity index (χ0) is 11.5. The summed E-state index contributed by atoms with van der Waals surface area (Å²) in [5.41, 5.74) is 0. The second kappa shape index (κ2) is 4.65. The van der Waals surface area contributed by atoms with Crippen LogP contribution in [0, 0.1) is 0 Å². The molecule has 0 aromatic carbocycles. The fourth-order valence-corrected chi connectivity index (χ4v) is 3.24. The Balaban J connectivity index is 2.51. The molecule has 0 aliphatic carbocycles. The topological polar surface area (TPSA) is 63.7 Å². The Morgan fingerprint density at radius 3 is 2.80 bits per heavy atom. The first kappa shape index (κ1) is 12.0. The fourth-order valence-electron chi connectivity index (χ4n) is 1.46. The summed E-state index contributed by atoms with van der Waals surface area (Å²) in [6.07, 6.45) is 1.45. The minimum atomic E-state index is -2.96. The molecule has 0 saturated carbocycles. The molecule has 0 unspecified atom stereocenters. The molecule has 1 aliphatic rings. The Labute approximate surface area is 89.6 Å². The lowest BCUT2D eigenvalue weighted by molar-refractivity contribution is 0.110. The van der Waals surface area contributed by atoms with Crippen LogP contribution in [-0.2, 0) is 14.6 Å².